The van der Waals surface area contributed by atoms with Crippen LogP contribution in [-0.2, 0) is 4.79 Å². The van der Waals surface area contributed by atoms with Crippen LogP contribution in [0.1, 0.15) is 18.4 Å². The molecule has 1 aliphatic rings. The number of halogens is 5. The molecule has 0 radical (unpaired) electrons. The number of carbonyl (C=O) groups is 1. The number of aliphatic carboxylic acids is 1. The summed E-state index contributed by atoms with van der Waals surface area (Å²) in [6.07, 6.45) is 1.98. The van der Waals surface area contributed by atoms with Crippen LogP contribution < -0.4 is 0 Å². The van der Waals surface area contributed by atoms with Crippen LogP contribution in [0.25, 0.3) is 5.76 Å². The van der Waals surface area contributed by atoms with Crippen LogP contribution >= 0.6 is 0 Å². The second-order valence-electron chi connectivity index (χ2n) is 4.52. The number of carboxylic acid groups (broad SMARTS) is 1. The van der Waals surface area contributed by atoms with Gasteiger partial charge in [-0.3, -0.25) is 4.99 Å². The Labute approximate surface area is 120 Å². The Bertz CT molecular complexity index is 681. The lowest BCUT2D eigenvalue weighted by Crippen LogP contribution is -2.12. The van der Waals surface area contributed by atoms with Gasteiger partial charge in [0.15, 0.2) is 23.3 Å². The van der Waals surface area contributed by atoms with Gasteiger partial charge < -0.3 is 10.2 Å². The third-order valence-electron chi connectivity index (χ3n) is 2.89. The molecule has 4 nitrogen and oxygen atoms in total. The summed E-state index contributed by atoms with van der Waals surface area (Å²) in [4.78, 5) is 14.7. The average Bonchev–Trinajstić information content (AvgIpc) is 3.27. The van der Waals surface area contributed by atoms with Crippen LogP contribution in [0.5, 0.6) is 0 Å². The Morgan fingerprint density at radius 2 is 1.41 bits per heavy atom. The minimum atomic E-state index is -2.41. The number of benzene rings is 1. The van der Waals surface area contributed by atoms with Crippen LogP contribution in [0.2, 0.25) is 0 Å². The van der Waals surface area contributed by atoms with E-state index in [0.29, 0.717) is 19.1 Å². The first kappa shape index (κ1) is 15.9. The zero-order chi connectivity index (χ0) is 16.6. The van der Waals surface area contributed by atoms with E-state index in [2.05, 4.69) is 4.99 Å². The van der Waals surface area contributed by atoms with E-state index in [9.17, 15) is 31.9 Å². The highest BCUT2D eigenvalue weighted by atomic mass is 19.2. The maximum absolute atomic E-state index is 13.5. The Morgan fingerprint density at radius 1 is 0.955 bits per heavy atom. The molecule has 1 aliphatic carbocycles. The molecular formula is C13H8F5NO3. The second kappa shape index (κ2) is 5.74. The number of hydrogen-bond donors (Lipinski definition) is 2. The van der Waals surface area contributed by atoms with Crippen molar-refractivity contribution < 1.29 is 37.0 Å². The van der Waals surface area contributed by atoms with Gasteiger partial charge in [0.05, 0.1) is 11.6 Å². The van der Waals surface area contributed by atoms with Crippen LogP contribution in [0, 0.1) is 29.1 Å². The van der Waals surface area contributed by atoms with Gasteiger partial charge in [-0.15, -0.1) is 0 Å². The Kier molecular flexibility index (Phi) is 4.16. The molecule has 1 aromatic rings. The normalized spacial score (nSPS) is 16.0. The molecule has 0 aliphatic heterocycles. The highest BCUT2D eigenvalue weighted by molar-refractivity contribution is 6.14. The fourth-order valence-electron chi connectivity index (χ4n) is 1.57. The van der Waals surface area contributed by atoms with Crippen molar-refractivity contribution in [3.05, 3.63) is 40.2 Å². The zero-order valence-corrected chi connectivity index (χ0v) is 10.7. The van der Waals surface area contributed by atoms with Gasteiger partial charge >= 0.3 is 5.97 Å². The van der Waals surface area contributed by atoms with E-state index in [1.54, 1.807) is 0 Å². The molecule has 2 rings (SSSR count). The summed E-state index contributed by atoms with van der Waals surface area (Å²) >= 11 is 0. The molecule has 0 spiro atoms. The smallest absolute Gasteiger partial charge is 0.341 e. The van der Waals surface area contributed by atoms with Crippen molar-refractivity contribution >= 4 is 17.9 Å². The van der Waals surface area contributed by atoms with Gasteiger partial charge in [0.1, 0.15) is 11.3 Å². The van der Waals surface area contributed by atoms with Crippen LogP contribution in [0.15, 0.2) is 10.6 Å². The first-order valence-corrected chi connectivity index (χ1v) is 5.97. The minimum Gasteiger partial charge on any atom is -0.506 e. The van der Waals surface area contributed by atoms with Gasteiger partial charge in [-0.05, 0) is 12.8 Å². The van der Waals surface area contributed by atoms with E-state index in [-0.39, 0.29) is 6.04 Å². The standard InChI is InChI=1S/C13H8F5NO3/c14-7-6(8(15)10(17)11(18)9(7)16)12(20)5(13(21)22)3-19-4-1-2-4/h3-4,20H,1-2H2,(H,21,22). The van der Waals surface area contributed by atoms with Crippen molar-refractivity contribution in [1.82, 2.24) is 0 Å². The van der Waals surface area contributed by atoms with Crippen molar-refractivity contribution in [3.8, 4) is 0 Å². The molecule has 0 bridgehead atoms. The predicted molar refractivity (Wildman–Crippen MR) is 64.9 cm³/mol. The third kappa shape index (κ3) is 2.78. The molecule has 0 saturated heterocycles. The molecule has 22 heavy (non-hydrogen) atoms. The first-order valence-electron chi connectivity index (χ1n) is 5.97. The van der Waals surface area contributed by atoms with Gasteiger partial charge in [-0.25, -0.2) is 26.7 Å². The van der Waals surface area contributed by atoms with Crippen molar-refractivity contribution in [3.63, 3.8) is 0 Å². The largest absolute Gasteiger partial charge is 0.506 e. The van der Waals surface area contributed by atoms with Crippen molar-refractivity contribution in [2.24, 2.45) is 4.99 Å². The summed E-state index contributed by atoms with van der Waals surface area (Å²) in [5.41, 5.74) is -2.79. The molecule has 2 N–H and O–H groups in total. The lowest BCUT2D eigenvalue weighted by atomic mass is 10.1. The number of aliphatic hydroxyl groups is 1. The number of aliphatic imine (C=N–C) groups is 1. The number of nitrogens with zero attached hydrogens (tertiary/aromatic N) is 1. The molecular weight excluding hydrogens is 313 g/mol. The van der Waals surface area contributed by atoms with E-state index in [1.807, 2.05) is 0 Å². The quantitative estimate of drug-likeness (QED) is 0.224. The van der Waals surface area contributed by atoms with E-state index in [1.165, 1.54) is 0 Å². The monoisotopic (exact) mass is 321 g/mol. The maximum Gasteiger partial charge on any atom is 0.341 e. The lowest BCUT2D eigenvalue weighted by molar-refractivity contribution is -0.132. The molecule has 0 unspecified atom stereocenters. The SMILES string of the molecule is O=C(O)C(C=NC1CC1)=C(O)c1c(F)c(F)c(F)c(F)c1F. The van der Waals surface area contributed by atoms with Gasteiger partial charge in [0.25, 0.3) is 0 Å². The number of rotatable bonds is 4. The molecule has 0 aromatic heterocycles. The van der Waals surface area contributed by atoms with Crippen LogP contribution in [-0.4, -0.2) is 28.4 Å². The van der Waals surface area contributed by atoms with Crippen molar-refractivity contribution in [2.45, 2.75) is 18.9 Å². The number of aliphatic hydroxyl groups excluding tert-OH is 1. The fourth-order valence-corrected chi connectivity index (χ4v) is 1.57. The molecule has 1 fully saturated rings. The van der Waals surface area contributed by atoms with Gasteiger partial charge in [0, 0.05) is 6.21 Å². The molecule has 1 aromatic carbocycles. The Balaban J connectivity index is 2.66. The highest BCUT2D eigenvalue weighted by Crippen LogP contribution is 2.29. The molecule has 9 heteroatoms. The fraction of sp³-hybridized carbons (Fsp3) is 0.231. The predicted octanol–water partition coefficient (Wildman–Crippen LogP) is 2.97. The highest BCUT2D eigenvalue weighted by Gasteiger charge is 2.30. The van der Waals surface area contributed by atoms with E-state index in [0.717, 1.165) is 0 Å². The summed E-state index contributed by atoms with van der Waals surface area (Å²) in [7, 11) is 0. The summed E-state index contributed by atoms with van der Waals surface area (Å²) in [5, 5.41) is 18.6. The molecule has 118 valence electrons. The van der Waals surface area contributed by atoms with Crippen LogP contribution in [0.3, 0.4) is 0 Å². The van der Waals surface area contributed by atoms with E-state index < -0.39 is 52.0 Å². The molecule has 0 heterocycles. The number of carboxylic acids is 1. The lowest BCUT2D eigenvalue weighted by Gasteiger charge is -2.09. The van der Waals surface area contributed by atoms with E-state index in [4.69, 9.17) is 5.11 Å². The maximum atomic E-state index is 13.5. The van der Waals surface area contributed by atoms with Crippen molar-refractivity contribution in [2.75, 3.05) is 0 Å². The second-order valence-corrected chi connectivity index (χ2v) is 4.52. The van der Waals surface area contributed by atoms with E-state index >= 15 is 0 Å². The van der Waals surface area contributed by atoms with Gasteiger partial charge in [-0.1, -0.05) is 0 Å². The molecule has 0 atom stereocenters. The molecule has 0 amide bonds. The average molecular weight is 321 g/mol. The van der Waals surface area contributed by atoms with Gasteiger partial charge in [0.2, 0.25) is 5.82 Å². The van der Waals surface area contributed by atoms with Gasteiger partial charge in [-0.2, -0.15) is 0 Å². The summed E-state index contributed by atoms with van der Waals surface area (Å²) in [6, 6.07) is -0.182. The Morgan fingerprint density at radius 3 is 1.82 bits per heavy atom. The zero-order valence-electron chi connectivity index (χ0n) is 10.7. The summed E-state index contributed by atoms with van der Waals surface area (Å²) in [5.74, 6) is -15.1. The summed E-state index contributed by atoms with van der Waals surface area (Å²) in [6.45, 7) is 0. The van der Waals surface area contributed by atoms with Crippen LogP contribution in [0.4, 0.5) is 22.0 Å². The summed E-state index contributed by atoms with van der Waals surface area (Å²) < 4.78 is 66.1. The number of hydrogen-bond acceptors (Lipinski definition) is 3. The Hall–Kier alpha value is -2.45. The minimum absolute atomic E-state index is 0.182. The third-order valence-corrected chi connectivity index (χ3v) is 2.89. The topological polar surface area (TPSA) is 69.9 Å². The first-order chi connectivity index (χ1) is 10.3. The molecule has 1 saturated carbocycles. The van der Waals surface area contributed by atoms with Crippen molar-refractivity contribution in [1.29, 1.82) is 0 Å².